The van der Waals surface area contributed by atoms with Crippen molar-refractivity contribution < 1.29 is 22.4 Å². The molecule has 0 aromatic carbocycles. The largest absolute Gasteiger partial charge is 1.00 e. The van der Waals surface area contributed by atoms with Gasteiger partial charge in [-0.1, -0.05) is 12.6 Å². The molecular formula is C4H5AuN2O2. The van der Waals surface area contributed by atoms with Gasteiger partial charge in [0.25, 0.3) is 0 Å². The summed E-state index contributed by atoms with van der Waals surface area (Å²) in [5.41, 5.74) is -0.419. The predicted octanol–water partition coefficient (Wildman–Crippen LogP) is -0.912. The third kappa shape index (κ3) is 1.74. The average molecular weight is 310 g/mol. The summed E-state index contributed by atoms with van der Waals surface area (Å²) in [7, 11) is 0. The van der Waals surface area contributed by atoms with E-state index in [1.54, 1.807) is 6.92 Å². The smallest absolute Gasteiger partial charge is 0.464 e. The molecule has 4 nitrogen and oxygen atoms in total. The Hall–Kier alpha value is -0.450. The Morgan fingerprint density at radius 3 is 2.11 bits per heavy atom. The standard InChI is InChI=1S/C4H5N2O2.Au/c1-2-3(7)6-4(8)5-2;/h1H3,(H2,5,6,7,8);/q-1;+1. The Balaban J connectivity index is 0.000000640. The molecule has 1 aromatic heterocycles. The Labute approximate surface area is 66.2 Å². The van der Waals surface area contributed by atoms with Crippen molar-refractivity contribution in [3.05, 3.63) is 26.5 Å². The van der Waals surface area contributed by atoms with Gasteiger partial charge in [0.15, 0.2) is 11.2 Å². The average Bonchev–Trinajstić information content (AvgIpc) is 1.85. The number of nitrogens with one attached hydrogen (secondary N) is 2. The van der Waals surface area contributed by atoms with Crippen LogP contribution in [0.3, 0.4) is 0 Å². The van der Waals surface area contributed by atoms with Crippen LogP contribution in [0.1, 0.15) is 5.69 Å². The molecule has 1 heterocycles. The molecule has 1 rings (SSSR count). The first-order chi connectivity index (χ1) is 3.70. The Morgan fingerprint density at radius 2 is 2.00 bits per heavy atom. The fourth-order valence-corrected chi connectivity index (χ4v) is 0.455. The Morgan fingerprint density at radius 1 is 1.44 bits per heavy atom. The van der Waals surface area contributed by atoms with Crippen LogP contribution in [-0.4, -0.2) is 9.97 Å². The molecule has 0 atom stereocenters. The van der Waals surface area contributed by atoms with Crippen LogP contribution in [0.4, 0.5) is 0 Å². The third-order valence-electron chi connectivity index (χ3n) is 0.869. The molecule has 2 N–H and O–H groups in total. The summed E-state index contributed by atoms with van der Waals surface area (Å²) in [6, 6.07) is 0. The molecule has 0 aliphatic rings. The summed E-state index contributed by atoms with van der Waals surface area (Å²) < 4.78 is 0. The molecule has 5 heteroatoms. The van der Waals surface area contributed by atoms with E-state index in [2.05, 4.69) is 4.98 Å². The van der Waals surface area contributed by atoms with Gasteiger partial charge in [-0.3, -0.25) is 4.79 Å². The molecule has 1 aromatic rings. The molecule has 0 saturated carbocycles. The fourth-order valence-electron chi connectivity index (χ4n) is 0.455. The fraction of sp³-hybridized carbons (Fsp3) is 0.250. The quantitative estimate of drug-likeness (QED) is 0.481. The maximum absolute atomic E-state index is 10.4. The number of H-pyrrole nitrogens is 2. The van der Waals surface area contributed by atoms with E-state index in [0.717, 1.165) is 0 Å². The topological polar surface area (TPSA) is 65.7 Å². The second-order valence-electron chi connectivity index (χ2n) is 1.53. The van der Waals surface area contributed by atoms with E-state index in [1.165, 1.54) is 0 Å². The van der Waals surface area contributed by atoms with Gasteiger partial charge in [0.1, 0.15) is 0 Å². The minimum absolute atomic E-state index is 0. The van der Waals surface area contributed by atoms with Crippen molar-refractivity contribution in [2.45, 2.75) is 6.92 Å². The number of aromatic amines is 2. The third-order valence-corrected chi connectivity index (χ3v) is 0.869. The van der Waals surface area contributed by atoms with Crippen LogP contribution < -0.4 is 11.2 Å². The van der Waals surface area contributed by atoms with E-state index in [0.29, 0.717) is 5.69 Å². The van der Waals surface area contributed by atoms with E-state index in [-0.39, 0.29) is 27.9 Å². The first-order valence-electron chi connectivity index (χ1n) is 2.16. The molecule has 54 valence electrons. The predicted molar refractivity (Wildman–Crippen MR) is 28.0 cm³/mol. The van der Waals surface area contributed by atoms with Gasteiger partial charge in [0, 0.05) is 0 Å². The zero-order valence-corrected chi connectivity index (χ0v) is 6.78. The van der Waals surface area contributed by atoms with Crippen molar-refractivity contribution in [1.82, 2.24) is 9.97 Å². The number of rotatable bonds is 0. The van der Waals surface area contributed by atoms with Crippen molar-refractivity contribution in [1.29, 1.82) is 0 Å². The number of aryl methyl sites for hydroxylation is 1. The van der Waals surface area contributed by atoms with E-state index in [4.69, 9.17) is 0 Å². The molecule has 0 bridgehead atoms. The summed E-state index contributed by atoms with van der Waals surface area (Å²) in [5, 5.41) is 0. The van der Waals surface area contributed by atoms with Crippen LogP contribution >= 0.6 is 0 Å². The summed E-state index contributed by atoms with van der Waals surface area (Å²) in [6.07, 6.45) is 0. The number of hydrogen-bond donors (Lipinski definition) is 2. The van der Waals surface area contributed by atoms with Crippen LogP contribution in [0.15, 0.2) is 9.59 Å². The Bertz CT molecular complexity index is 281. The monoisotopic (exact) mass is 310 g/mol. The van der Waals surface area contributed by atoms with Crippen LogP contribution in [0, 0.1) is 6.92 Å². The minimum atomic E-state index is -0.437. The summed E-state index contributed by atoms with van der Waals surface area (Å²) in [4.78, 5) is 24.9. The molecule has 0 unspecified atom stereocenters. The van der Waals surface area contributed by atoms with Gasteiger partial charge >= 0.3 is 22.4 Å². The second-order valence-corrected chi connectivity index (χ2v) is 1.53. The van der Waals surface area contributed by atoms with Crippen LogP contribution in [0.5, 0.6) is 0 Å². The number of aromatic nitrogens is 2. The van der Waals surface area contributed by atoms with Gasteiger partial charge in [-0.05, 0) is 0 Å². The van der Waals surface area contributed by atoms with Crippen LogP contribution in [-0.2, 0) is 22.4 Å². The van der Waals surface area contributed by atoms with Gasteiger partial charge in [-0.25, -0.2) is 0 Å². The van der Waals surface area contributed by atoms with Crippen molar-refractivity contribution >= 4 is 0 Å². The molecule has 0 saturated heterocycles. The second kappa shape index (κ2) is 2.91. The molecule has 9 heavy (non-hydrogen) atoms. The molecular weight excluding hydrogens is 305 g/mol. The Kier molecular flexibility index (Phi) is 2.76. The van der Waals surface area contributed by atoms with E-state index < -0.39 is 5.69 Å². The first-order valence-corrected chi connectivity index (χ1v) is 2.16. The van der Waals surface area contributed by atoms with Crippen molar-refractivity contribution in [2.24, 2.45) is 0 Å². The molecule has 0 amide bonds. The normalized spacial score (nSPS) is 8.56. The summed E-state index contributed by atoms with van der Waals surface area (Å²) >= 11 is 0. The van der Waals surface area contributed by atoms with Gasteiger partial charge in [-0.15, -0.1) is 0 Å². The summed E-state index contributed by atoms with van der Waals surface area (Å²) in [5.74, 6) is 0. The molecule has 0 fully saturated rings. The molecule has 0 aliphatic heterocycles. The number of imidazole rings is 1. The molecule has 0 spiro atoms. The number of hydrogen-bond acceptors (Lipinski definition) is 2. The van der Waals surface area contributed by atoms with Crippen LogP contribution in [0.25, 0.3) is 0 Å². The molecule has 0 radical (unpaired) electrons. The van der Waals surface area contributed by atoms with E-state index in [1.807, 2.05) is 4.98 Å². The summed E-state index contributed by atoms with van der Waals surface area (Å²) in [6.45, 7) is 1.54. The van der Waals surface area contributed by atoms with Crippen LogP contribution in [0.2, 0.25) is 0 Å². The molecule has 0 aliphatic carbocycles. The van der Waals surface area contributed by atoms with Crippen molar-refractivity contribution in [2.75, 3.05) is 0 Å². The maximum atomic E-state index is 10.4. The van der Waals surface area contributed by atoms with E-state index >= 15 is 0 Å². The van der Waals surface area contributed by atoms with Gasteiger partial charge < -0.3 is 14.8 Å². The first kappa shape index (κ1) is 8.55. The minimum Gasteiger partial charge on any atom is -0.464 e. The zero-order valence-electron chi connectivity index (χ0n) is 4.62. The van der Waals surface area contributed by atoms with Gasteiger partial charge in [-0.2, -0.15) is 0 Å². The van der Waals surface area contributed by atoms with E-state index in [9.17, 15) is 9.59 Å². The van der Waals surface area contributed by atoms with Crippen molar-refractivity contribution in [3.63, 3.8) is 0 Å². The zero-order chi connectivity index (χ0) is 6.15. The van der Waals surface area contributed by atoms with Crippen molar-refractivity contribution in [3.8, 4) is 0 Å². The van der Waals surface area contributed by atoms with Gasteiger partial charge in [0.2, 0.25) is 0 Å². The van der Waals surface area contributed by atoms with Gasteiger partial charge in [0.05, 0.1) is 0 Å². The maximum Gasteiger partial charge on any atom is 1.00 e. The SMILES string of the molecule is C[c-]1[nH]c(=O)[nH]c1=O.[Au+].